The van der Waals surface area contributed by atoms with Crippen molar-refractivity contribution in [1.82, 2.24) is 0 Å². The number of hydrogen-bond donors (Lipinski definition) is 2. The molecule has 222 valence electrons. The fourth-order valence-corrected chi connectivity index (χ4v) is 10.0. The number of carbonyl (C=O) groups is 1. The van der Waals surface area contributed by atoms with Gasteiger partial charge in [-0.2, -0.15) is 26.9 Å². The molecule has 0 saturated carbocycles. The summed E-state index contributed by atoms with van der Waals surface area (Å²) in [5, 5.41) is 0. The zero-order valence-corrected chi connectivity index (χ0v) is 25.8. The first kappa shape index (κ1) is 28.1. The van der Waals surface area contributed by atoms with E-state index >= 15 is 0 Å². The summed E-state index contributed by atoms with van der Waals surface area (Å²) in [7, 11) is -10.2. The van der Waals surface area contributed by atoms with Crippen LogP contribution in [-0.2, 0) is 33.1 Å². The Morgan fingerprint density at radius 3 is 1.44 bits per heavy atom. The van der Waals surface area contributed by atoms with Crippen molar-refractivity contribution in [2.24, 2.45) is 0 Å². The third-order valence-corrected chi connectivity index (χ3v) is 13.2. The van der Waals surface area contributed by atoms with E-state index < -0.39 is 30.3 Å². The molecule has 0 bridgehead atoms. The van der Waals surface area contributed by atoms with Crippen LogP contribution in [0.2, 0.25) is 0 Å². The minimum absolute atomic E-state index is 0.0332. The van der Waals surface area contributed by atoms with Crippen molar-refractivity contribution in [1.29, 1.82) is 0 Å². The van der Waals surface area contributed by atoms with Crippen molar-refractivity contribution in [2.75, 3.05) is 35.4 Å². The topological polar surface area (TPSA) is 132 Å². The quantitative estimate of drug-likeness (QED) is 0.275. The fourth-order valence-electron chi connectivity index (χ4n) is 6.45. The Labute approximate surface area is 251 Å². The fraction of sp³-hybridized carbons (Fsp3) is 0.194. The summed E-state index contributed by atoms with van der Waals surface area (Å²) in [6.07, 6.45) is 5.61. The van der Waals surface area contributed by atoms with Crippen LogP contribution < -0.4 is 9.80 Å². The number of benzene rings is 4. The number of rotatable bonds is 4. The minimum Gasteiger partial charge on any atom is -0.341 e. The summed E-state index contributed by atoms with van der Waals surface area (Å²) in [5.74, 6) is -0.0332. The van der Waals surface area contributed by atoms with Gasteiger partial charge in [-0.05, 0) is 109 Å². The Kier molecular flexibility index (Phi) is 6.15. The van der Waals surface area contributed by atoms with E-state index in [2.05, 4.69) is 34.4 Å². The van der Waals surface area contributed by atoms with Crippen LogP contribution in [0.3, 0.4) is 0 Å². The number of hydrogen-bond acceptors (Lipinski definition) is 7. The first-order valence-corrected chi connectivity index (χ1v) is 18.9. The lowest BCUT2D eigenvalue weighted by Gasteiger charge is -2.40. The second kappa shape index (κ2) is 9.41. The number of anilines is 4. The summed E-state index contributed by atoms with van der Waals surface area (Å²) in [5.41, 5.74) is 6.58. The van der Waals surface area contributed by atoms with Gasteiger partial charge in [-0.25, -0.2) is 0 Å². The minimum atomic E-state index is -4.29. The molecule has 0 aliphatic carbocycles. The van der Waals surface area contributed by atoms with Gasteiger partial charge in [0.05, 0.1) is 9.79 Å². The maximum atomic E-state index is 13.7. The molecule has 0 spiro atoms. The molecule has 0 amide bonds. The Hall–Kier alpha value is -3.68. The second-order valence-electron chi connectivity index (χ2n) is 11.4. The van der Waals surface area contributed by atoms with Crippen LogP contribution in [-0.4, -0.2) is 57.3 Å². The molecular weight excluding hydrogens is 609 g/mol. The first-order valence-electron chi connectivity index (χ1n) is 13.6. The number of nitrogens with zero attached hydrogens (tertiary/aromatic N) is 2. The van der Waals surface area contributed by atoms with Gasteiger partial charge in [-0.3, -0.25) is 13.9 Å². The van der Waals surface area contributed by atoms with E-state index in [4.69, 9.17) is 0 Å². The van der Waals surface area contributed by atoms with E-state index in [1.165, 1.54) is 24.3 Å². The lowest BCUT2D eigenvalue weighted by molar-refractivity contribution is 0.103. The van der Waals surface area contributed by atoms with Crippen molar-refractivity contribution in [3.05, 3.63) is 95.1 Å². The van der Waals surface area contributed by atoms with E-state index in [1.54, 1.807) is 12.1 Å². The number of ketones is 1. The Balaban J connectivity index is 1.26. The zero-order chi connectivity index (χ0) is 30.5. The smallest absolute Gasteiger partial charge is 0.294 e. The third kappa shape index (κ3) is 4.47. The highest BCUT2D eigenvalue weighted by Gasteiger charge is 2.36. The van der Waals surface area contributed by atoms with Crippen molar-refractivity contribution in [3.63, 3.8) is 0 Å². The molecule has 4 aromatic carbocycles. The third-order valence-electron chi connectivity index (χ3n) is 8.63. The highest BCUT2D eigenvalue weighted by Crippen LogP contribution is 2.63. The van der Waals surface area contributed by atoms with Crippen LogP contribution in [0.15, 0.2) is 92.4 Å². The lowest BCUT2D eigenvalue weighted by Crippen LogP contribution is -2.21. The second-order valence-corrected chi connectivity index (χ2v) is 17.7. The maximum absolute atomic E-state index is 13.7. The summed E-state index contributed by atoms with van der Waals surface area (Å²) < 4.78 is 65.5. The number of carbonyl (C=O) groups excluding carboxylic acids is 1. The standard InChI is InChI=1S/C31H28N2O7S3/c1-41(2)29-17-21(32-13-11-19-15-23(42(35,36)37)5-9-27(19)32)3-7-25(29)31(34)26-8-4-22(18-30(26)41)33-14-12-20-16-24(43(38,39)40)6-10-28(20)33/h3-10,15-18H,11-14H2,1-2H3,(H,35,36,37)(H,38,39,40). The molecule has 4 aromatic rings. The lowest BCUT2D eigenvalue weighted by atomic mass is 10.0. The van der Waals surface area contributed by atoms with Gasteiger partial charge in [0, 0.05) is 56.8 Å². The van der Waals surface area contributed by atoms with Crippen LogP contribution in [0.25, 0.3) is 0 Å². The molecule has 9 nitrogen and oxygen atoms in total. The van der Waals surface area contributed by atoms with Crippen molar-refractivity contribution < 1.29 is 30.7 Å². The summed E-state index contributed by atoms with van der Waals surface area (Å²) in [6.45, 7) is 1.28. The summed E-state index contributed by atoms with van der Waals surface area (Å²) >= 11 is 0. The maximum Gasteiger partial charge on any atom is 0.294 e. The average molecular weight is 637 g/mol. The SMILES string of the molecule is CS1(C)c2cc(N3CCc4cc(S(=O)(=O)O)ccc43)ccc2C(=O)c2ccc(N3CCc4cc(S(=O)(=O)O)ccc43)cc21. The molecule has 0 fully saturated rings. The normalized spacial score (nSPS) is 17.7. The molecular formula is C31H28N2O7S3. The van der Waals surface area contributed by atoms with Crippen molar-refractivity contribution in [3.8, 4) is 0 Å². The van der Waals surface area contributed by atoms with E-state index in [9.17, 15) is 30.7 Å². The monoisotopic (exact) mass is 636 g/mol. The highest BCUT2D eigenvalue weighted by atomic mass is 32.3. The zero-order valence-electron chi connectivity index (χ0n) is 23.3. The Bertz CT molecular complexity index is 1960. The predicted molar refractivity (Wildman–Crippen MR) is 166 cm³/mol. The molecule has 0 atom stereocenters. The predicted octanol–water partition coefficient (Wildman–Crippen LogP) is 5.60. The molecule has 43 heavy (non-hydrogen) atoms. The van der Waals surface area contributed by atoms with Gasteiger partial charge < -0.3 is 9.80 Å². The summed E-state index contributed by atoms with van der Waals surface area (Å²) in [4.78, 5) is 19.7. The largest absolute Gasteiger partial charge is 0.341 e. The van der Waals surface area contributed by atoms with Crippen molar-refractivity contribution >= 4 is 58.8 Å². The molecule has 0 radical (unpaired) electrons. The van der Waals surface area contributed by atoms with Crippen LogP contribution in [0.5, 0.6) is 0 Å². The molecule has 12 heteroatoms. The van der Waals surface area contributed by atoms with E-state index in [1.807, 2.05) is 24.3 Å². The van der Waals surface area contributed by atoms with Crippen molar-refractivity contribution in [2.45, 2.75) is 32.4 Å². The molecule has 3 aliphatic heterocycles. The van der Waals surface area contributed by atoms with Crippen LogP contribution >= 0.6 is 10.0 Å². The van der Waals surface area contributed by atoms with Gasteiger partial charge in [-0.15, -0.1) is 0 Å². The van der Waals surface area contributed by atoms with Crippen LogP contribution in [0.1, 0.15) is 27.0 Å². The highest BCUT2D eigenvalue weighted by molar-refractivity contribution is 8.32. The Morgan fingerprint density at radius 1 is 0.628 bits per heavy atom. The van der Waals surface area contributed by atoms with E-state index in [-0.39, 0.29) is 15.6 Å². The molecule has 0 saturated heterocycles. The van der Waals surface area contributed by atoms with Gasteiger partial charge in [-0.1, -0.05) is 0 Å². The van der Waals surface area contributed by atoms with Crippen LogP contribution in [0, 0.1) is 0 Å². The Morgan fingerprint density at radius 2 is 1.05 bits per heavy atom. The molecule has 0 aromatic heterocycles. The molecule has 3 heterocycles. The van der Waals surface area contributed by atoms with Gasteiger partial charge in [0.15, 0.2) is 5.78 Å². The molecule has 7 rings (SSSR count). The van der Waals surface area contributed by atoms with Gasteiger partial charge in [0.2, 0.25) is 0 Å². The van der Waals surface area contributed by atoms with E-state index in [0.717, 1.165) is 43.7 Å². The average Bonchev–Trinajstić information content (AvgIpc) is 3.58. The van der Waals surface area contributed by atoms with E-state index in [0.29, 0.717) is 37.1 Å². The first-order chi connectivity index (χ1) is 20.2. The van der Waals surface area contributed by atoms with Gasteiger partial charge in [0.1, 0.15) is 0 Å². The van der Waals surface area contributed by atoms with Crippen LogP contribution in [0.4, 0.5) is 22.7 Å². The van der Waals surface area contributed by atoms with Gasteiger partial charge >= 0.3 is 0 Å². The molecule has 2 N–H and O–H groups in total. The summed E-state index contributed by atoms with van der Waals surface area (Å²) in [6, 6.07) is 21.0. The molecule has 0 unspecified atom stereocenters. The molecule has 3 aliphatic rings. The number of fused-ring (bicyclic) bond motifs is 4. The van der Waals surface area contributed by atoms with Gasteiger partial charge in [0.25, 0.3) is 20.2 Å².